The van der Waals surface area contributed by atoms with Crippen LogP contribution in [0.25, 0.3) is 10.6 Å². The van der Waals surface area contributed by atoms with Gasteiger partial charge in [-0.15, -0.1) is 11.3 Å². The first-order valence-corrected chi connectivity index (χ1v) is 10.2. The number of hydrogen-bond acceptors (Lipinski definition) is 5. The largest absolute Gasteiger partial charge is 0.452 e. The van der Waals surface area contributed by atoms with Crippen LogP contribution in [0.1, 0.15) is 23.1 Å². The Labute approximate surface area is 157 Å². The summed E-state index contributed by atoms with van der Waals surface area (Å²) >= 11 is 1.03. The Morgan fingerprint density at radius 3 is 2.41 bits per heavy atom. The Morgan fingerprint density at radius 1 is 1.19 bits per heavy atom. The lowest BCUT2D eigenvalue weighted by molar-refractivity contribution is -0.155. The van der Waals surface area contributed by atoms with Gasteiger partial charge in [0.1, 0.15) is 10.6 Å². The number of anilines is 1. The monoisotopic (exact) mass is 416 g/mol. The molecule has 3 rings (SSSR count). The molecule has 1 N–H and O–H groups in total. The lowest BCUT2D eigenvalue weighted by Gasteiger charge is -2.08. The van der Waals surface area contributed by atoms with Crippen molar-refractivity contribution in [2.45, 2.75) is 31.3 Å². The van der Waals surface area contributed by atoms with Crippen LogP contribution in [0.4, 0.5) is 18.9 Å². The molecule has 0 saturated carbocycles. The van der Waals surface area contributed by atoms with Crippen molar-refractivity contribution in [2.24, 2.45) is 0 Å². The van der Waals surface area contributed by atoms with Crippen LogP contribution in [0.2, 0.25) is 0 Å². The van der Waals surface area contributed by atoms with Crippen molar-refractivity contribution < 1.29 is 26.1 Å². The molecule has 5 nitrogen and oxygen atoms in total. The van der Waals surface area contributed by atoms with E-state index in [2.05, 4.69) is 14.4 Å². The number of halogens is 3. The molecule has 0 aliphatic rings. The molecule has 1 aromatic carbocycles. The number of nitrogens with one attached hydrogen (secondary N) is 1. The Hall–Kier alpha value is -2.33. The van der Waals surface area contributed by atoms with Crippen LogP contribution in [0.5, 0.6) is 0 Å². The molecule has 0 fully saturated rings. The second-order valence-electron chi connectivity index (χ2n) is 5.76. The average molecular weight is 416 g/mol. The molecule has 10 heteroatoms. The molecule has 3 aromatic rings. The molecule has 27 heavy (non-hydrogen) atoms. The molecule has 0 aliphatic carbocycles. The van der Waals surface area contributed by atoms with Crippen molar-refractivity contribution in [3.8, 4) is 10.6 Å². The molecule has 0 aliphatic heterocycles. The van der Waals surface area contributed by atoms with E-state index in [-0.39, 0.29) is 15.5 Å². The van der Waals surface area contributed by atoms with Gasteiger partial charge in [-0.1, -0.05) is 24.2 Å². The molecule has 0 atom stereocenters. The highest BCUT2D eigenvalue weighted by Crippen LogP contribution is 2.37. The summed E-state index contributed by atoms with van der Waals surface area (Å²) in [6.45, 7) is 3.57. The highest BCUT2D eigenvalue weighted by Gasteiger charge is 2.36. The fourth-order valence-electron chi connectivity index (χ4n) is 2.40. The summed E-state index contributed by atoms with van der Waals surface area (Å²) in [6, 6.07) is 8.99. The highest BCUT2D eigenvalue weighted by molar-refractivity contribution is 7.93. The Bertz CT molecular complexity index is 1050. The highest BCUT2D eigenvalue weighted by atomic mass is 32.2. The fraction of sp³-hybridized carbons (Fsp3) is 0.235. The molecule has 0 spiro atoms. The summed E-state index contributed by atoms with van der Waals surface area (Å²) in [5.74, 6) is -1.23. The lowest BCUT2D eigenvalue weighted by atomic mass is 10.2. The smallest absolute Gasteiger partial charge is 0.351 e. The van der Waals surface area contributed by atoms with Crippen molar-refractivity contribution in [3.63, 3.8) is 0 Å². The lowest BCUT2D eigenvalue weighted by Crippen LogP contribution is -2.13. The Kier molecular flexibility index (Phi) is 5.04. The van der Waals surface area contributed by atoms with E-state index in [1.165, 1.54) is 6.07 Å². The summed E-state index contributed by atoms with van der Waals surface area (Å²) in [6.07, 6.45) is -3.82. The number of nitrogens with zero attached hydrogens (tertiary/aromatic N) is 1. The van der Waals surface area contributed by atoms with E-state index in [1.54, 1.807) is 19.1 Å². The predicted octanol–water partition coefficient (Wildman–Crippen LogP) is 5.09. The first kappa shape index (κ1) is 19.4. The van der Waals surface area contributed by atoms with Crippen LogP contribution in [-0.4, -0.2) is 13.6 Å². The van der Waals surface area contributed by atoms with Gasteiger partial charge >= 0.3 is 6.18 Å². The van der Waals surface area contributed by atoms with Crippen molar-refractivity contribution in [3.05, 3.63) is 52.6 Å². The van der Waals surface area contributed by atoms with Gasteiger partial charge in [0.2, 0.25) is 5.76 Å². The molecule has 2 aromatic heterocycles. The maximum Gasteiger partial charge on any atom is 0.452 e. The van der Waals surface area contributed by atoms with Gasteiger partial charge in [-0.25, -0.2) is 8.42 Å². The Morgan fingerprint density at radius 2 is 1.85 bits per heavy atom. The molecule has 0 amide bonds. The van der Waals surface area contributed by atoms with E-state index in [1.807, 2.05) is 19.1 Å². The minimum absolute atomic E-state index is 0.0152. The molecule has 0 saturated heterocycles. The summed E-state index contributed by atoms with van der Waals surface area (Å²) in [5.41, 5.74) is 1.41. The zero-order valence-electron chi connectivity index (χ0n) is 14.3. The minimum atomic E-state index is -4.65. The molecule has 2 heterocycles. The normalized spacial score (nSPS) is 12.3. The van der Waals surface area contributed by atoms with E-state index < -0.39 is 22.0 Å². The zero-order chi connectivity index (χ0) is 19.8. The third kappa shape index (κ3) is 4.16. The van der Waals surface area contributed by atoms with Gasteiger partial charge in [-0.2, -0.15) is 13.2 Å². The first-order valence-electron chi connectivity index (χ1n) is 7.86. The van der Waals surface area contributed by atoms with Crippen LogP contribution in [-0.2, 0) is 22.6 Å². The number of thiophene rings is 1. The second-order valence-corrected chi connectivity index (χ2v) is 8.67. The minimum Gasteiger partial charge on any atom is -0.351 e. The summed E-state index contributed by atoms with van der Waals surface area (Å²) < 4.78 is 70.0. The quantitative estimate of drug-likeness (QED) is 0.629. The summed E-state index contributed by atoms with van der Waals surface area (Å²) in [7, 11) is -3.89. The van der Waals surface area contributed by atoms with Crippen molar-refractivity contribution in [2.75, 3.05) is 4.72 Å². The van der Waals surface area contributed by atoms with Gasteiger partial charge < -0.3 is 4.52 Å². The molecular formula is C17H15F3N2O3S2. The maximum atomic E-state index is 12.7. The van der Waals surface area contributed by atoms with E-state index in [9.17, 15) is 21.6 Å². The second kappa shape index (κ2) is 7.01. The van der Waals surface area contributed by atoms with E-state index >= 15 is 0 Å². The number of alkyl halides is 3. The maximum absolute atomic E-state index is 12.7. The van der Waals surface area contributed by atoms with E-state index in [0.717, 1.165) is 29.4 Å². The number of benzene rings is 1. The third-order valence-electron chi connectivity index (χ3n) is 3.82. The molecular weight excluding hydrogens is 401 g/mol. The predicted molar refractivity (Wildman–Crippen MR) is 96.2 cm³/mol. The fourth-order valence-corrected chi connectivity index (χ4v) is 5.01. The number of aryl methyl sites for hydroxylation is 2. The Balaban J connectivity index is 1.89. The van der Waals surface area contributed by atoms with Crippen LogP contribution >= 0.6 is 11.3 Å². The number of sulfonamides is 1. The van der Waals surface area contributed by atoms with E-state index in [0.29, 0.717) is 10.6 Å². The topological polar surface area (TPSA) is 72.2 Å². The number of aromatic nitrogens is 1. The van der Waals surface area contributed by atoms with Gasteiger partial charge in [0.15, 0.2) is 0 Å². The van der Waals surface area contributed by atoms with Crippen LogP contribution < -0.4 is 4.72 Å². The SMILES string of the molecule is CCc1ccc(NS(=O)(=O)c2cc(-c3cc(C(F)(F)F)on3)sc2C)cc1. The van der Waals surface area contributed by atoms with Gasteiger partial charge in [-0.3, -0.25) is 4.72 Å². The van der Waals surface area contributed by atoms with Gasteiger partial charge in [0.05, 0.1) is 4.88 Å². The van der Waals surface area contributed by atoms with E-state index in [4.69, 9.17) is 0 Å². The number of hydrogen-bond donors (Lipinski definition) is 1. The summed E-state index contributed by atoms with van der Waals surface area (Å²) in [5, 5.41) is 3.39. The van der Waals surface area contributed by atoms with Gasteiger partial charge in [0, 0.05) is 16.6 Å². The molecule has 144 valence electrons. The molecule has 0 bridgehead atoms. The number of rotatable bonds is 5. The third-order valence-corrected chi connectivity index (χ3v) is 6.53. The zero-order valence-corrected chi connectivity index (χ0v) is 15.9. The molecule has 0 radical (unpaired) electrons. The van der Waals surface area contributed by atoms with Crippen LogP contribution in [0, 0.1) is 6.92 Å². The average Bonchev–Trinajstić information content (AvgIpc) is 3.22. The standard InChI is InChI=1S/C17H15F3N2O3S2/c1-3-11-4-6-12(7-5-11)22-27(23,24)15-9-14(26-10(15)2)13-8-16(25-21-13)17(18,19)20/h4-9,22H,3H2,1-2H3. The van der Waals surface area contributed by atoms with Crippen molar-refractivity contribution in [1.82, 2.24) is 5.16 Å². The molecule has 0 unspecified atom stereocenters. The van der Waals surface area contributed by atoms with Crippen molar-refractivity contribution >= 4 is 27.0 Å². The van der Waals surface area contributed by atoms with Crippen LogP contribution in [0.3, 0.4) is 0 Å². The first-order chi connectivity index (χ1) is 12.6. The summed E-state index contributed by atoms with van der Waals surface area (Å²) in [4.78, 5) is 0.686. The van der Waals surface area contributed by atoms with Crippen LogP contribution in [0.15, 0.2) is 45.8 Å². The van der Waals surface area contributed by atoms with Gasteiger partial charge in [-0.05, 0) is 37.1 Å². The van der Waals surface area contributed by atoms with Crippen molar-refractivity contribution in [1.29, 1.82) is 0 Å². The van der Waals surface area contributed by atoms with Gasteiger partial charge in [0.25, 0.3) is 10.0 Å².